The maximum atomic E-state index is 12.7. The van der Waals surface area contributed by atoms with Crippen LogP contribution in [0.25, 0.3) is 0 Å². The Morgan fingerprint density at radius 2 is 1.82 bits per heavy atom. The van der Waals surface area contributed by atoms with E-state index >= 15 is 0 Å². The number of rotatable bonds is 8. The monoisotopic (exact) mass is 448 g/mol. The van der Waals surface area contributed by atoms with E-state index in [4.69, 9.17) is 14.7 Å². The number of carbonyl (C=O) groups excluding carboxylic acids is 1. The molecule has 0 aliphatic carbocycles. The average molecular weight is 449 g/mol. The van der Waals surface area contributed by atoms with Crippen molar-refractivity contribution in [1.82, 2.24) is 14.7 Å². The number of likely N-dealkylation sites (N-methyl/N-ethyl adjacent to an activating group) is 1. The predicted molar refractivity (Wildman–Crippen MR) is 126 cm³/mol. The van der Waals surface area contributed by atoms with Gasteiger partial charge in [-0.25, -0.2) is 0 Å². The maximum Gasteiger partial charge on any atom is 0.253 e. The molecule has 0 spiro atoms. The zero-order valence-corrected chi connectivity index (χ0v) is 19.4. The van der Waals surface area contributed by atoms with Crippen molar-refractivity contribution in [3.8, 4) is 11.8 Å². The lowest BCUT2D eigenvalue weighted by Crippen LogP contribution is -2.59. The smallest absolute Gasteiger partial charge is 0.253 e. The number of benzene rings is 2. The van der Waals surface area contributed by atoms with Crippen molar-refractivity contribution in [3.05, 3.63) is 65.2 Å². The Morgan fingerprint density at radius 1 is 1.12 bits per heavy atom. The number of carbonyl (C=O) groups is 1. The van der Waals surface area contributed by atoms with Crippen molar-refractivity contribution in [2.45, 2.75) is 25.7 Å². The van der Waals surface area contributed by atoms with Gasteiger partial charge in [-0.15, -0.1) is 0 Å². The molecule has 2 aromatic carbocycles. The molecule has 2 bridgehead atoms. The molecular formula is C26H32N4O3. The summed E-state index contributed by atoms with van der Waals surface area (Å²) >= 11 is 0. The van der Waals surface area contributed by atoms with Crippen molar-refractivity contribution in [3.63, 3.8) is 0 Å². The van der Waals surface area contributed by atoms with Crippen LogP contribution in [0.5, 0.6) is 5.75 Å². The van der Waals surface area contributed by atoms with Crippen LogP contribution >= 0.6 is 0 Å². The minimum absolute atomic E-state index is 0.0200. The highest BCUT2D eigenvalue weighted by Crippen LogP contribution is 2.22. The Bertz CT molecular complexity index is 974. The standard InChI is InChI=1S/C26H32N4O3/c1-3-32-23-6-4-5-21(13-23)15-30-18-24-16-29(17-25(19-30)33-24)12-11-28(2)26(31)22-9-7-20(14-27)8-10-22/h4-10,13,24-25H,3,11-12,15-19H2,1-2H3. The molecule has 2 aliphatic rings. The predicted octanol–water partition coefficient (Wildman–Crippen LogP) is 2.61. The molecule has 174 valence electrons. The molecule has 2 atom stereocenters. The normalized spacial score (nSPS) is 20.8. The lowest BCUT2D eigenvalue weighted by molar-refractivity contribution is -0.140. The van der Waals surface area contributed by atoms with Crippen LogP contribution in [-0.4, -0.2) is 85.7 Å². The van der Waals surface area contributed by atoms with Crippen LogP contribution in [0, 0.1) is 11.3 Å². The summed E-state index contributed by atoms with van der Waals surface area (Å²) < 4.78 is 11.8. The molecule has 2 aromatic rings. The van der Waals surface area contributed by atoms with Gasteiger partial charge in [-0.1, -0.05) is 12.1 Å². The van der Waals surface area contributed by atoms with Crippen molar-refractivity contribution >= 4 is 5.91 Å². The van der Waals surface area contributed by atoms with E-state index in [9.17, 15) is 4.79 Å². The molecule has 0 radical (unpaired) electrons. The summed E-state index contributed by atoms with van der Waals surface area (Å²) in [6.45, 7) is 8.64. The molecule has 1 amide bonds. The van der Waals surface area contributed by atoms with Gasteiger partial charge in [-0.3, -0.25) is 14.6 Å². The van der Waals surface area contributed by atoms with Crippen LogP contribution in [0.15, 0.2) is 48.5 Å². The van der Waals surface area contributed by atoms with E-state index in [0.29, 0.717) is 24.3 Å². The van der Waals surface area contributed by atoms with E-state index < -0.39 is 0 Å². The van der Waals surface area contributed by atoms with Gasteiger partial charge in [-0.2, -0.15) is 5.26 Å². The lowest BCUT2D eigenvalue weighted by Gasteiger charge is -2.46. The molecule has 2 heterocycles. The van der Waals surface area contributed by atoms with Gasteiger partial charge in [0.2, 0.25) is 0 Å². The van der Waals surface area contributed by atoms with Gasteiger partial charge in [0.05, 0.1) is 30.4 Å². The third kappa shape index (κ3) is 6.11. The Hall–Kier alpha value is -2.92. The van der Waals surface area contributed by atoms with Crippen molar-refractivity contribution in [1.29, 1.82) is 5.26 Å². The second kappa shape index (κ2) is 10.8. The van der Waals surface area contributed by atoms with Crippen LogP contribution < -0.4 is 4.74 Å². The first kappa shape index (κ1) is 23.2. The topological polar surface area (TPSA) is 69.0 Å². The van der Waals surface area contributed by atoms with Crippen molar-refractivity contribution in [2.24, 2.45) is 0 Å². The molecule has 2 unspecified atom stereocenters. The van der Waals surface area contributed by atoms with E-state index in [2.05, 4.69) is 34.1 Å². The number of morpholine rings is 2. The Labute approximate surface area is 196 Å². The molecule has 4 rings (SSSR count). The number of nitriles is 1. The largest absolute Gasteiger partial charge is 0.494 e. The summed E-state index contributed by atoms with van der Waals surface area (Å²) in [6.07, 6.45) is 0.374. The first-order chi connectivity index (χ1) is 16.0. The summed E-state index contributed by atoms with van der Waals surface area (Å²) in [5, 5.41) is 8.92. The van der Waals surface area contributed by atoms with Gasteiger partial charge >= 0.3 is 0 Å². The van der Waals surface area contributed by atoms with E-state index in [1.807, 2.05) is 20.0 Å². The molecular weight excluding hydrogens is 416 g/mol. The number of nitrogens with zero attached hydrogens (tertiary/aromatic N) is 4. The van der Waals surface area contributed by atoms with Gasteiger partial charge in [0.15, 0.2) is 0 Å². The molecule has 0 aromatic heterocycles. The summed E-state index contributed by atoms with van der Waals surface area (Å²) in [6, 6.07) is 17.2. The minimum Gasteiger partial charge on any atom is -0.494 e. The SMILES string of the molecule is CCOc1cccc(CN2CC3CN(CCN(C)C(=O)c4ccc(C#N)cc4)CC(C2)O3)c1. The number of hydrogen-bond acceptors (Lipinski definition) is 6. The first-order valence-electron chi connectivity index (χ1n) is 11.6. The highest BCUT2D eigenvalue weighted by molar-refractivity contribution is 5.94. The quantitative estimate of drug-likeness (QED) is 0.618. The second-order valence-electron chi connectivity index (χ2n) is 8.83. The highest BCUT2D eigenvalue weighted by Gasteiger charge is 2.34. The van der Waals surface area contributed by atoms with Crippen LogP contribution in [0.1, 0.15) is 28.4 Å². The Morgan fingerprint density at radius 3 is 2.48 bits per heavy atom. The summed E-state index contributed by atoms with van der Waals surface area (Å²) in [5.74, 6) is 0.905. The highest BCUT2D eigenvalue weighted by atomic mass is 16.5. The van der Waals surface area contributed by atoms with Crippen molar-refractivity contribution < 1.29 is 14.3 Å². The van der Waals surface area contributed by atoms with E-state index in [0.717, 1.165) is 45.0 Å². The molecule has 2 aliphatic heterocycles. The van der Waals surface area contributed by atoms with Crippen LogP contribution in [0.4, 0.5) is 0 Å². The summed E-state index contributed by atoms with van der Waals surface area (Å²) in [5.41, 5.74) is 2.44. The number of fused-ring (bicyclic) bond motifs is 2. The zero-order chi connectivity index (χ0) is 23.2. The lowest BCUT2D eigenvalue weighted by atomic mass is 10.1. The maximum absolute atomic E-state index is 12.7. The molecule has 0 N–H and O–H groups in total. The second-order valence-corrected chi connectivity index (χ2v) is 8.83. The number of ether oxygens (including phenoxy) is 2. The fourth-order valence-electron chi connectivity index (χ4n) is 4.63. The fourth-order valence-corrected chi connectivity index (χ4v) is 4.63. The molecule has 0 saturated carbocycles. The Kier molecular flexibility index (Phi) is 7.61. The Balaban J connectivity index is 1.25. The van der Waals surface area contributed by atoms with Gasteiger partial charge in [0, 0.05) is 58.4 Å². The van der Waals surface area contributed by atoms with Crippen molar-refractivity contribution in [2.75, 3.05) is 52.9 Å². The van der Waals surface area contributed by atoms with E-state index in [1.54, 1.807) is 29.2 Å². The van der Waals surface area contributed by atoms with Gasteiger partial charge < -0.3 is 14.4 Å². The van der Waals surface area contributed by atoms with Crippen LogP contribution in [0.3, 0.4) is 0 Å². The first-order valence-corrected chi connectivity index (χ1v) is 11.6. The molecule has 2 saturated heterocycles. The zero-order valence-electron chi connectivity index (χ0n) is 19.4. The number of amides is 1. The average Bonchev–Trinajstić information content (AvgIpc) is 2.82. The number of hydrogen-bond donors (Lipinski definition) is 0. The van der Waals surface area contributed by atoms with Gasteiger partial charge in [0.25, 0.3) is 5.91 Å². The van der Waals surface area contributed by atoms with E-state index in [1.165, 1.54) is 5.56 Å². The van der Waals surface area contributed by atoms with Gasteiger partial charge in [-0.05, 0) is 48.9 Å². The fraction of sp³-hybridized carbons (Fsp3) is 0.462. The summed E-state index contributed by atoms with van der Waals surface area (Å²) in [4.78, 5) is 19.3. The summed E-state index contributed by atoms with van der Waals surface area (Å²) in [7, 11) is 1.83. The van der Waals surface area contributed by atoms with Gasteiger partial charge in [0.1, 0.15) is 5.75 Å². The van der Waals surface area contributed by atoms with Crippen LogP contribution in [0.2, 0.25) is 0 Å². The third-order valence-corrected chi connectivity index (χ3v) is 6.21. The molecule has 7 heteroatoms. The van der Waals surface area contributed by atoms with E-state index in [-0.39, 0.29) is 18.1 Å². The minimum atomic E-state index is -0.0200. The molecule has 7 nitrogen and oxygen atoms in total. The third-order valence-electron chi connectivity index (χ3n) is 6.21. The van der Waals surface area contributed by atoms with Crippen LogP contribution in [-0.2, 0) is 11.3 Å². The molecule has 2 fully saturated rings. The molecule has 33 heavy (non-hydrogen) atoms.